The van der Waals surface area contributed by atoms with Crippen molar-refractivity contribution in [2.75, 3.05) is 11.9 Å². The molecule has 3 nitrogen and oxygen atoms in total. The van der Waals surface area contributed by atoms with E-state index in [1.54, 1.807) is 6.07 Å². The minimum atomic E-state index is 0.491. The van der Waals surface area contributed by atoms with E-state index in [0.29, 0.717) is 5.15 Å². The average molecular weight is 212 g/mol. The Hall–Kier alpha value is -0.830. The molecule has 4 heteroatoms. The zero-order valence-electron chi connectivity index (χ0n) is 8.20. The van der Waals surface area contributed by atoms with E-state index in [1.807, 2.05) is 0 Å². The molecule has 0 aliphatic heterocycles. The first-order valence-corrected chi connectivity index (χ1v) is 5.38. The van der Waals surface area contributed by atoms with Crippen molar-refractivity contribution in [2.45, 2.75) is 19.8 Å². The summed E-state index contributed by atoms with van der Waals surface area (Å²) in [6.45, 7) is 3.25. The third-order valence-electron chi connectivity index (χ3n) is 2.77. The number of hydrogen-bond acceptors (Lipinski definition) is 3. The first kappa shape index (κ1) is 9.71. The van der Waals surface area contributed by atoms with Gasteiger partial charge in [-0.3, -0.25) is 0 Å². The molecule has 1 saturated carbocycles. The van der Waals surface area contributed by atoms with E-state index >= 15 is 0 Å². The van der Waals surface area contributed by atoms with Crippen LogP contribution in [0.3, 0.4) is 0 Å². The van der Waals surface area contributed by atoms with Gasteiger partial charge in [0.1, 0.15) is 17.3 Å². The molecule has 2 atom stereocenters. The van der Waals surface area contributed by atoms with E-state index in [2.05, 4.69) is 22.2 Å². The summed E-state index contributed by atoms with van der Waals surface area (Å²) >= 11 is 5.74. The molecular formula is C10H14ClN3. The van der Waals surface area contributed by atoms with Gasteiger partial charge in [0.2, 0.25) is 0 Å². The van der Waals surface area contributed by atoms with Gasteiger partial charge in [0.05, 0.1) is 0 Å². The van der Waals surface area contributed by atoms with Crippen LogP contribution in [0.4, 0.5) is 5.82 Å². The fourth-order valence-electron chi connectivity index (χ4n) is 1.73. The molecule has 1 aromatic heterocycles. The summed E-state index contributed by atoms with van der Waals surface area (Å²) in [5.41, 5.74) is 0. The molecule has 0 unspecified atom stereocenters. The number of halogens is 1. The summed E-state index contributed by atoms with van der Waals surface area (Å²) in [6.07, 6.45) is 4.12. The van der Waals surface area contributed by atoms with Gasteiger partial charge in [-0.1, -0.05) is 24.9 Å². The van der Waals surface area contributed by atoms with E-state index in [1.165, 1.54) is 19.2 Å². The molecule has 0 aromatic carbocycles. The quantitative estimate of drug-likeness (QED) is 0.778. The number of hydrogen-bond donors (Lipinski definition) is 1. The van der Waals surface area contributed by atoms with E-state index in [9.17, 15) is 0 Å². The molecule has 0 bridgehead atoms. The molecule has 0 radical (unpaired) electrons. The molecule has 0 saturated heterocycles. The van der Waals surface area contributed by atoms with Crippen LogP contribution in [0.25, 0.3) is 0 Å². The zero-order valence-corrected chi connectivity index (χ0v) is 8.96. The van der Waals surface area contributed by atoms with Crippen LogP contribution in [0.2, 0.25) is 5.15 Å². The third kappa shape index (κ3) is 2.35. The second-order valence-corrected chi connectivity index (χ2v) is 4.16. The van der Waals surface area contributed by atoms with Crippen molar-refractivity contribution in [3.8, 4) is 0 Å². The Balaban J connectivity index is 1.81. The number of rotatable bonds is 4. The number of nitrogens with zero attached hydrogens (tertiary/aromatic N) is 2. The van der Waals surface area contributed by atoms with Gasteiger partial charge in [0.15, 0.2) is 0 Å². The van der Waals surface area contributed by atoms with Gasteiger partial charge in [0, 0.05) is 12.6 Å². The van der Waals surface area contributed by atoms with Crippen molar-refractivity contribution in [2.24, 2.45) is 11.8 Å². The highest BCUT2D eigenvalue weighted by atomic mass is 35.5. The van der Waals surface area contributed by atoms with Crippen LogP contribution in [0.15, 0.2) is 12.4 Å². The molecule has 1 heterocycles. The van der Waals surface area contributed by atoms with Gasteiger partial charge >= 0.3 is 0 Å². The molecule has 0 amide bonds. The van der Waals surface area contributed by atoms with Gasteiger partial charge in [-0.15, -0.1) is 0 Å². The van der Waals surface area contributed by atoms with Crippen LogP contribution < -0.4 is 5.32 Å². The smallest absolute Gasteiger partial charge is 0.134 e. The average Bonchev–Trinajstić information content (AvgIpc) is 2.93. The van der Waals surface area contributed by atoms with Crippen molar-refractivity contribution in [3.05, 3.63) is 17.5 Å². The first-order chi connectivity index (χ1) is 6.79. The highest BCUT2D eigenvalue weighted by molar-refractivity contribution is 6.29. The monoisotopic (exact) mass is 211 g/mol. The highest BCUT2D eigenvalue weighted by Crippen LogP contribution is 2.40. The van der Waals surface area contributed by atoms with Crippen LogP contribution >= 0.6 is 11.6 Å². The highest BCUT2D eigenvalue weighted by Gasteiger charge is 2.34. The Morgan fingerprint density at radius 2 is 2.36 bits per heavy atom. The molecule has 1 aliphatic carbocycles. The second kappa shape index (κ2) is 4.13. The summed E-state index contributed by atoms with van der Waals surface area (Å²) in [4.78, 5) is 7.91. The Morgan fingerprint density at radius 1 is 1.50 bits per heavy atom. The first-order valence-electron chi connectivity index (χ1n) is 5.01. The van der Waals surface area contributed by atoms with E-state index < -0.39 is 0 Å². The molecule has 1 fully saturated rings. The van der Waals surface area contributed by atoms with E-state index in [0.717, 1.165) is 24.2 Å². The van der Waals surface area contributed by atoms with Gasteiger partial charge in [-0.05, 0) is 18.3 Å². The Morgan fingerprint density at radius 3 is 3.00 bits per heavy atom. The van der Waals surface area contributed by atoms with Crippen LogP contribution in [-0.4, -0.2) is 16.5 Å². The van der Waals surface area contributed by atoms with Gasteiger partial charge in [-0.2, -0.15) is 0 Å². The summed E-state index contributed by atoms with van der Waals surface area (Å²) in [5.74, 6) is 2.57. The molecule has 1 aliphatic rings. The van der Waals surface area contributed by atoms with Crippen molar-refractivity contribution >= 4 is 17.4 Å². The molecule has 2 rings (SSSR count). The molecule has 14 heavy (non-hydrogen) atoms. The Bertz CT molecular complexity index is 316. The lowest BCUT2D eigenvalue weighted by Crippen LogP contribution is -2.06. The summed E-state index contributed by atoms with van der Waals surface area (Å²) < 4.78 is 0. The predicted octanol–water partition coefficient (Wildman–Crippen LogP) is 2.59. The lowest BCUT2D eigenvalue weighted by molar-refractivity contribution is 0.700. The minimum Gasteiger partial charge on any atom is -0.370 e. The SMILES string of the molecule is CC[C@@H]1C[C@H]1CNc1cc(Cl)ncn1. The van der Waals surface area contributed by atoms with Crippen LogP contribution in [-0.2, 0) is 0 Å². The topological polar surface area (TPSA) is 37.8 Å². The van der Waals surface area contributed by atoms with Crippen molar-refractivity contribution < 1.29 is 0 Å². The van der Waals surface area contributed by atoms with Crippen LogP contribution in [0.5, 0.6) is 0 Å². The lowest BCUT2D eigenvalue weighted by atomic mass is 10.2. The largest absolute Gasteiger partial charge is 0.370 e. The fourth-order valence-corrected chi connectivity index (χ4v) is 1.87. The standard InChI is InChI=1S/C10H14ClN3/c1-2-7-3-8(7)5-12-10-4-9(11)13-6-14-10/h4,6-8H,2-3,5H2,1H3,(H,12,13,14)/t7-,8+/m1/s1. The predicted molar refractivity (Wildman–Crippen MR) is 57.4 cm³/mol. The van der Waals surface area contributed by atoms with Gasteiger partial charge in [0.25, 0.3) is 0 Å². The number of aromatic nitrogens is 2. The number of nitrogens with one attached hydrogen (secondary N) is 1. The number of anilines is 1. The molecule has 76 valence electrons. The minimum absolute atomic E-state index is 0.491. The third-order valence-corrected chi connectivity index (χ3v) is 2.98. The molecule has 1 aromatic rings. The maximum Gasteiger partial charge on any atom is 0.134 e. The van der Waals surface area contributed by atoms with Gasteiger partial charge < -0.3 is 5.32 Å². The summed E-state index contributed by atoms with van der Waals surface area (Å²) in [5, 5.41) is 3.77. The maximum absolute atomic E-state index is 5.74. The van der Waals surface area contributed by atoms with Crippen LogP contribution in [0, 0.1) is 11.8 Å². The zero-order chi connectivity index (χ0) is 9.97. The fraction of sp³-hybridized carbons (Fsp3) is 0.600. The van der Waals surface area contributed by atoms with Crippen molar-refractivity contribution in [1.82, 2.24) is 9.97 Å². The van der Waals surface area contributed by atoms with E-state index in [-0.39, 0.29) is 0 Å². The lowest BCUT2D eigenvalue weighted by Gasteiger charge is -2.03. The second-order valence-electron chi connectivity index (χ2n) is 3.77. The van der Waals surface area contributed by atoms with E-state index in [4.69, 9.17) is 11.6 Å². The molecular weight excluding hydrogens is 198 g/mol. The van der Waals surface area contributed by atoms with Crippen LogP contribution in [0.1, 0.15) is 19.8 Å². The van der Waals surface area contributed by atoms with Gasteiger partial charge in [-0.25, -0.2) is 9.97 Å². The summed E-state index contributed by atoms with van der Waals surface area (Å²) in [7, 11) is 0. The summed E-state index contributed by atoms with van der Waals surface area (Å²) in [6, 6.07) is 1.75. The van der Waals surface area contributed by atoms with Crippen molar-refractivity contribution in [1.29, 1.82) is 0 Å². The maximum atomic E-state index is 5.74. The normalized spacial score (nSPS) is 24.7. The Kier molecular flexibility index (Phi) is 2.87. The molecule has 0 spiro atoms. The molecule has 1 N–H and O–H groups in total. The Labute approximate surface area is 88.9 Å². The van der Waals surface area contributed by atoms with Crippen molar-refractivity contribution in [3.63, 3.8) is 0 Å².